The first-order chi connectivity index (χ1) is 11.5. The fraction of sp³-hybridized carbons (Fsp3) is 0.667. The van der Waals surface area contributed by atoms with Crippen molar-refractivity contribution in [1.82, 2.24) is 5.32 Å². The highest BCUT2D eigenvalue weighted by molar-refractivity contribution is 7.14. The van der Waals surface area contributed by atoms with Gasteiger partial charge in [0.05, 0.1) is 10.8 Å². The Hall–Kier alpha value is -1.40. The van der Waals surface area contributed by atoms with E-state index in [-0.39, 0.29) is 18.4 Å². The molecule has 1 aliphatic heterocycles. The van der Waals surface area contributed by atoms with Crippen LogP contribution in [0, 0.1) is 17.8 Å². The van der Waals surface area contributed by atoms with Gasteiger partial charge in [-0.05, 0) is 55.6 Å². The lowest BCUT2D eigenvalue weighted by Crippen LogP contribution is -2.38. The Balaban J connectivity index is 1.60. The van der Waals surface area contributed by atoms with Crippen LogP contribution in [0.5, 0.6) is 0 Å². The van der Waals surface area contributed by atoms with Crippen LogP contribution in [0.3, 0.4) is 0 Å². The van der Waals surface area contributed by atoms with E-state index in [1.165, 1.54) is 16.9 Å². The van der Waals surface area contributed by atoms with Gasteiger partial charge in [0.15, 0.2) is 0 Å². The van der Waals surface area contributed by atoms with E-state index in [0.717, 1.165) is 25.7 Å². The Morgan fingerprint density at radius 1 is 1.38 bits per heavy atom. The van der Waals surface area contributed by atoms with Crippen molar-refractivity contribution >= 4 is 23.2 Å². The van der Waals surface area contributed by atoms with E-state index in [4.69, 9.17) is 4.74 Å². The normalized spacial score (nSPS) is 22.6. The van der Waals surface area contributed by atoms with Crippen LogP contribution in [0.4, 0.5) is 0 Å². The molecule has 2 unspecified atom stereocenters. The number of carboxylic acid groups (broad SMARTS) is 1. The van der Waals surface area contributed by atoms with E-state index in [2.05, 4.69) is 12.2 Å². The summed E-state index contributed by atoms with van der Waals surface area (Å²) in [5.41, 5.74) is 1.29. The zero-order valence-corrected chi connectivity index (χ0v) is 14.9. The lowest BCUT2D eigenvalue weighted by Gasteiger charge is -2.27. The number of carbonyl (C=O) groups excluding carboxylic acids is 1. The fourth-order valence-corrected chi connectivity index (χ4v) is 4.81. The third kappa shape index (κ3) is 3.98. The predicted octanol–water partition coefficient (Wildman–Crippen LogP) is 2.73. The zero-order chi connectivity index (χ0) is 17.1. The van der Waals surface area contributed by atoms with Gasteiger partial charge in [0, 0.05) is 24.6 Å². The minimum absolute atomic E-state index is 0.0777. The molecule has 2 heterocycles. The summed E-state index contributed by atoms with van der Waals surface area (Å²) in [5.74, 6) is -0.754. The SMILES string of the molecule is CC1CCc2sc(C(=O)NCC(C(=O)O)C3CCOCC3)cc2C1. The molecular formula is C18H25NO4S. The summed E-state index contributed by atoms with van der Waals surface area (Å²) in [6, 6.07) is 2.00. The van der Waals surface area contributed by atoms with Crippen molar-refractivity contribution in [3.05, 3.63) is 21.4 Å². The molecular weight excluding hydrogens is 326 g/mol. The number of carboxylic acids is 1. The van der Waals surface area contributed by atoms with Crippen LogP contribution in [0.2, 0.25) is 0 Å². The highest BCUT2D eigenvalue weighted by Crippen LogP contribution is 2.32. The first-order valence-electron chi connectivity index (χ1n) is 8.75. The molecule has 0 saturated carbocycles. The molecule has 1 aromatic rings. The standard InChI is InChI=1S/C18H25NO4S/c1-11-2-3-15-13(8-11)9-16(24-15)17(20)19-10-14(18(21)22)12-4-6-23-7-5-12/h9,11-12,14H,2-8,10H2,1H3,(H,19,20)(H,21,22). The molecule has 0 aromatic carbocycles. The van der Waals surface area contributed by atoms with Crippen LogP contribution in [0.1, 0.15) is 46.3 Å². The van der Waals surface area contributed by atoms with Gasteiger partial charge in [-0.2, -0.15) is 0 Å². The van der Waals surface area contributed by atoms with Crippen molar-refractivity contribution < 1.29 is 19.4 Å². The summed E-state index contributed by atoms with van der Waals surface area (Å²) in [6.07, 6.45) is 4.77. The summed E-state index contributed by atoms with van der Waals surface area (Å²) < 4.78 is 5.30. The van der Waals surface area contributed by atoms with Crippen LogP contribution in [0.15, 0.2) is 6.07 Å². The molecule has 1 aliphatic carbocycles. The van der Waals surface area contributed by atoms with Gasteiger partial charge in [-0.25, -0.2) is 0 Å². The molecule has 3 rings (SSSR count). The Morgan fingerprint density at radius 3 is 2.83 bits per heavy atom. The van der Waals surface area contributed by atoms with Gasteiger partial charge in [0.2, 0.25) is 0 Å². The van der Waals surface area contributed by atoms with E-state index in [9.17, 15) is 14.7 Å². The molecule has 0 radical (unpaired) electrons. The van der Waals surface area contributed by atoms with E-state index in [0.29, 0.717) is 24.0 Å². The van der Waals surface area contributed by atoms with E-state index in [1.54, 1.807) is 11.3 Å². The van der Waals surface area contributed by atoms with Gasteiger partial charge in [-0.3, -0.25) is 9.59 Å². The molecule has 2 N–H and O–H groups in total. The Kier molecular flexibility index (Phi) is 5.56. The van der Waals surface area contributed by atoms with E-state index in [1.807, 2.05) is 6.07 Å². The highest BCUT2D eigenvalue weighted by Gasteiger charge is 2.30. The van der Waals surface area contributed by atoms with Crippen LogP contribution < -0.4 is 5.32 Å². The fourth-order valence-electron chi connectivity index (χ4n) is 3.68. The third-order valence-corrected chi connectivity index (χ3v) is 6.42. The summed E-state index contributed by atoms with van der Waals surface area (Å²) in [4.78, 5) is 26.0. The monoisotopic (exact) mass is 351 g/mol. The summed E-state index contributed by atoms with van der Waals surface area (Å²) in [6.45, 7) is 3.65. The molecule has 5 nitrogen and oxygen atoms in total. The first kappa shape index (κ1) is 17.4. The topological polar surface area (TPSA) is 75.6 Å². The van der Waals surface area contributed by atoms with Crippen molar-refractivity contribution in [2.24, 2.45) is 17.8 Å². The maximum absolute atomic E-state index is 12.4. The number of fused-ring (bicyclic) bond motifs is 1. The number of carbonyl (C=O) groups is 2. The Morgan fingerprint density at radius 2 is 2.12 bits per heavy atom. The van der Waals surface area contributed by atoms with Gasteiger partial charge >= 0.3 is 5.97 Å². The lowest BCUT2D eigenvalue weighted by molar-refractivity contribution is -0.144. The number of nitrogens with one attached hydrogen (secondary N) is 1. The number of thiophene rings is 1. The number of aryl methyl sites for hydroxylation is 1. The molecule has 1 saturated heterocycles. The van der Waals surface area contributed by atoms with Crippen LogP contribution >= 0.6 is 11.3 Å². The average Bonchev–Trinajstić information content (AvgIpc) is 2.98. The quantitative estimate of drug-likeness (QED) is 0.855. The average molecular weight is 351 g/mol. The Bertz CT molecular complexity index is 606. The smallest absolute Gasteiger partial charge is 0.308 e. The van der Waals surface area contributed by atoms with Crippen LogP contribution in [-0.4, -0.2) is 36.7 Å². The van der Waals surface area contributed by atoms with Gasteiger partial charge < -0.3 is 15.2 Å². The number of rotatable bonds is 5. The van der Waals surface area contributed by atoms with Crippen molar-refractivity contribution in [3.8, 4) is 0 Å². The minimum atomic E-state index is -0.832. The molecule has 1 aromatic heterocycles. The second-order valence-electron chi connectivity index (χ2n) is 7.01. The van der Waals surface area contributed by atoms with Crippen molar-refractivity contribution in [2.75, 3.05) is 19.8 Å². The molecule has 132 valence electrons. The predicted molar refractivity (Wildman–Crippen MR) is 92.5 cm³/mol. The third-order valence-electron chi connectivity index (χ3n) is 5.19. The number of amides is 1. The van der Waals surface area contributed by atoms with Crippen molar-refractivity contribution in [1.29, 1.82) is 0 Å². The number of ether oxygens (including phenoxy) is 1. The van der Waals surface area contributed by atoms with E-state index >= 15 is 0 Å². The maximum atomic E-state index is 12.4. The van der Waals surface area contributed by atoms with Gasteiger partial charge in [-0.15, -0.1) is 11.3 Å². The van der Waals surface area contributed by atoms with Crippen LogP contribution in [0.25, 0.3) is 0 Å². The molecule has 2 aliphatic rings. The van der Waals surface area contributed by atoms with Gasteiger partial charge in [0.1, 0.15) is 0 Å². The molecule has 0 bridgehead atoms. The van der Waals surface area contributed by atoms with E-state index < -0.39 is 11.9 Å². The molecule has 6 heteroatoms. The largest absolute Gasteiger partial charge is 0.481 e. The molecule has 2 atom stereocenters. The first-order valence-corrected chi connectivity index (χ1v) is 9.56. The summed E-state index contributed by atoms with van der Waals surface area (Å²) >= 11 is 1.56. The maximum Gasteiger partial charge on any atom is 0.308 e. The van der Waals surface area contributed by atoms with Gasteiger partial charge in [0.25, 0.3) is 5.91 Å². The molecule has 1 fully saturated rings. The molecule has 0 spiro atoms. The number of hydrogen-bond donors (Lipinski definition) is 2. The highest BCUT2D eigenvalue weighted by atomic mass is 32.1. The Labute approximate surface area is 146 Å². The minimum Gasteiger partial charge on any atom is -0.481 e. The zero-order valence-electron chi connectivity index (χ0n) is 14.0. The van der Waals surface area contributed by atoms with Crippen molar-refractivity contribution in [3.63, 3.8) is 0 Å². The number of hydrogen-bond acceptors (Lipinski definition) is 4. The summed E-state index contributed by atoms with van der Waals surface area (Å²) in [5, 5.41) is 12.3. The molecule has 1 amide bonds. The van der Waals surface area contributed by atoms with Crippen LogP contribution in [-0.2, 0) is 22.4 Å². The second-order valence-corrected chi connectivity index (χ2v) is 8.15. The van der Waals surface area contributed by atoms with Gasteiger partial charge in [-0.1, -0.05) is 6.92 Å². The lowest BCUT2D eigenvalue weighted by atomic mass is 9.86. The number of aliphatic carboxylic acids is 1. The summed E-state index contributed by atoms with van der Waals surface area (Å²) in [7, 11) is 0. The second kappa shape index (κ2) is 7.66. The molecule has 24 heavy (non-hydrogen) atoms. The van der Waals surface area contributed by atoms with Crippen molar-refractivity contribution in [2.45, 2.75) is 39.0 Å².